The van der Waals surface area contributed by atoms with Gasteiger partial charge in [-0.2, -0.15) is 0 Å². The van der Waals surface area contributed by atoms with Crippen LogP contribution in [0.2, 0.25) is 5.02 Å². The molecule has 1 aromatic carbocycles. The predicted molar refractivity (Wildman–Crippen MR) is 85.6 cm³/mol. The Bertz CT molecular complexity index is 940. The third-order valence-electron chi connectivity index (χ3n) is 3.33. The molecule has 3 rings (SSSR count). The molecular weight excluding hydrogens is 334 g/mol. The maximum Gasteiger partial charge on any atom is 0.332 e. The normalized spacial score (nSPS) is 12.1. The summed E-state index contributed by atoms with van der Waals surface area (Å²) < 4.78 is 1.35. The van der Waals surface area contributed by atoms with Crippen molar-refractivity contribution in [2.45, 2.75) is 6.04 Å². The summed E-state index contributed by atoms with van der Waals surface area (Å²) in [5, 5.41) is 20.4. The molecule has 0 fully saturated rings. The highest BCUT2D eigenvalue weighted by molar-refractivity contribution is 6.31. The van der Waals surface area contributed by atoms with Crippen LogP contribution in [0.1, 0.15) is 22.2 Å². The second kappa shape index (κ2) is 6.25. The molecule has 0 aliphatic rings. The van der Waals surface area contributed by atoms with E-state index in [0.29, 0.717) is 10.5 Å². The number of rotatable bonds is 4. The summed E-state index contributed by atoms with van der Waals surface area (Å²) in [4.78, 5) is 28.0. The first kappa shape index (κ1) is 15.9. The lowest BCUT2D eigenvalue weighted by atomic mass is 10.2. The molecule has 0 spiro atoms. The Morgan fingerprint density at radius 1 is 1.29 bits per heavy atom. The van der Waals surface area contributed by atoms with Crippen molar-refractivity contribution in [2.24, 2.45) is 7.05 Å². The first-order valence-corrected chi connectivity index (χ1v) is 7.28. The maximum atomic E-state index is 12.3. The van der Waals surface area contributed by atoms with Gasteiger partial charge in [0.25, 0.3) is 5.91 Å². The van der Waals surface area contributed by atoms with Gasteiger partial charge in [-0.1, -0.05) is 28.9 Å². The minimum atomic E-state index is -1.32. The van der Waals surface area contributed by atoms with Gasteiger partial charge in [-0.05, 0) is 18.2 Å². The van der Waals surface area contributed by atoms with Gasteiger partial charge >= 0.3 is 5.97 Å². The molecule has 0 aliphatic heterocycles. The van der Waals surface area contributed by atoms with E-state index in [9.17, 15) is 14.7 Å². The Morgan fingerprint density at radius 2 is 2.04 bits per heavy atom. The van der Waals surface area contributed by atoms with Crippen LogP contribution in [-0.2, 0) is 11.8 Å². The number of halogens is 1. The standard InChI is InChI=1S/C15H12ClN5O3/c1-21-7-12(19-20-21)13(15(23)24)18-14(22)10-5-3-8-2-4-9(16)6-11(8)17-10/h2-7,13H,1H3,(H,18,22)(H,23,24). The summed E-state index contributed by atoms with van der Waals surface area (Å²) in [6, 6.07) is 7.05. The van der Waals surface area contributed by atoms with Crippen LogP contribution in [0.25, 0.3) is 10.9 Å². The van der Waals surface area contributed by atoms with E-state index in [1.165, 1.54) is 16.9 Å². The van der Waals surface area contributed by atoms with Crippen molar-refractivity contribution in [2.75, 3.05) is 0 Å². The van der Waals surface area contributed by atoms with Crippen molar-refractivity contribution in [1.29, 1.82) is 0 Å². The molecule has 2 heterocycles. The summed E-state index contributed by atoms with van der Waals surface area (Å²) in [5.41, 5.74) is 0.753. The molecule has 1 amide bonds. The van der Waals surface area contributed by atoms with E-state index < -0.39 is 17.9 Å². The summed E-state index contributed by atoms with van der Waals surface area (Å²) in [6.45, 7) is 0. The van der Waals surface area contributed by atoms with Gasteiger partial charge < -0.3 is 10.4 Å². The van der Waals surface area contributed by atoms with Crippen LogP contribution in [0.3, 0.4) is 0 Å². The molecule has 0 saturated heterocycles. The summed E-state index contributed by atoms with van der Waals surface area (Å²) in [7, 11) is 1.60. The third kappa shape index (κ3) is 3.18. The number of carbonyl (C=O) groups is 2. The van der Waals surface area contributed by atoms with Crippen molar-refractivity contribution in [1.82, 2.24) is 25.3 Å². The topological polar surface area (TPSA) is 110 Å². The molecule has 8 nitrogen and oxygen atoms in total. The number of nitrogens with one attached hydrogen (secondary N) is 1. The van der Waals surface area contributed by atoms with Gasteiger partial charge in [0.05, 0.1) is 11.7 Å². The van der Waals surface area contributed by atoms with Gasteiger partial charge in [-0.3, -0.25) is 9.48 Å². The van der Waals surface area contributed by atoms with Gasteiger partial charge in [-0.25, -0.2) is 9.78 Å². The van der Waals surface area contributed by atoms with E-state index in [-0.39, 0.29) is 11.4 Å². The zero-order valence-electron chi connectivity index (χ0n) is 12.5. The van der Waals surface area contributed by atoms with Crippen molar-refractivity contribution < 1.29 is 14.7 Å². The van der Waals surface area contributed by atoms with Gasteiger partial charge in [0.2, 0.25) is 0 Å². The van der Waals surface area contributed by atoms with E-state index in [0.717, 1.165) is 5.39 Å². The SMILES string of the molecule is Cn1cc(C(NC(=O)c2ccc3ccc(Cl)cc3n2)C(=O)O)nn1. The van der Waals surface area contributed by atoms with Crippen LogP contribution >= 0.6 is 11.6 Å². The van der Waals surface area contributed by atoms with Gasteiger partial charge in [0, 0.05) is 17.5 Å². The number of aromatic nitrogens is 4. The number of carboxylic acids is 1. The molecule has 0 aliphatic carbocycles. The number of benzene rings is 1. The highest BCUT2D eigenvalue weighted by Gasteiger charge is 2.26. The predicted octanol–water partition coefficient (Wildman–Crippen LogP) is 1.57. The fourth-order valence-corrected chi connectivity index (χ4v) is 2.35. The van der Waals surface area contributed by atoms with E-state index in [2.05, 4.69) is 20.6 Å². The van der Waals surface area contributed by atoms with E-state index in [1.54, 1.807) is 31.3 Å². The number of aliphatic carboxylic acids is 1. The van der Waals surface area contributed by atoms with Crippen LogP contribution in [0, 0.1) is 0 Å². The monoisotopic (exact) mass is 345 g/mol. The number of amides is 1. The second-order valence-electron chi connectivity index (χ2n) is 5.10. The number of carboxylic acid groups (broad SMARTS) is 1. The number of fused-ring (bicyclic) bond motifs is 1. The maximum absolute atomic E-state index is 12.3. The molecule has 0 saturated carbocycles. The lowest BCUT2D eigenvalue weighted by Crippen LogP contribution is -2.34. The van der Waals surface area contributed by atoms with Crippen molar-refractivity contribution in [3.63, 3.8) is 0 Å². The summed E-state index contributed by atoms with van der Waals surface area (Å²) in [6.07, 6.45) is 1.42. The van der Waals surface area contributed by atoms with Gasteiger partial charge in [0.1, 0.15) is 11.4 Å². The second-order valence-corrected chi connectivity index (χ2v) is 5.53. The van der Waals surface area contributed by atoms with Crippen LogP contribution in [0.15, 0.2) is 36.5 Å². The molecule has 0 radical (unpaired) electrons. The zero-order valence-corrected chi connectivity index (χ0v) is 13.2. The molecule has 24 heavy (non-hydrogen) atoms. The smallest absolute Gasteiger partial charge is 0.332 e. The molecular formula is C15H12ClN5O3. The third-order valence-corrected chi connectivity index (χ3v) is 3.56. The van der Waals surface area contributed by atoms with E-state index >= 15 is 0 Å². The number of aryl methyl sites for hydroxylation is 1. The molecule has 1 atom stereocenters. The molecule has 2 N–H and O–H groups in total. The molecule has 3 aromatic rings. The van der Waals surface area contributed by atoms with Crippen molar-refractivity contribution in [3.8, 4) is 0 Å². The van der Waals surface area contributed by atoms with Crippen molar-refractivity contribution in [3.05, 3.63) is 52.9 Å². The fourth-order valence-electron chi connectivity index (χ4n) is 2.18. The minimum Gasteiger partial charge on any atom is -0.479 e. The van der Waals surface area contributed by atoms with E-state index in [1.807, 2.05) is 0 Å². The summed E-state index contributed by atoms with van der Waals surface area (Å²) >= 11 is 5.92. The molecule has 9 heteroatoms. The molecule has 1 unspecified atom stereocenters. The molecule has 122 valence electrons. The van der Waals surface area contributed by atoms with Crippen LogP contribution in [0.4, 0.5) is 0 Å². The minimum absolute atomic E-state index is 0.0832. The number of hydrogen-bond donors (Lipinski definition) is 2. The lowest BCUT2D eigenvalue weighted by molar-refractivity contribution is -0.139. The van der Waals surface area contributed by atoms with Crippen LogP contribution in [-0.4, -0.2) is 37.0 Å². The highest BCUT2D eigenvalue weighted by atomic mass is 35.5. The van der Waals surface area contributed by atoms with Crippen LogP contribution in [0.5, 0.6) is 0 Å². The average Bonchev–Trinajstić information content (AvgIpc) is 2.97. The van der Waals surface area contributed by atoms with Gasteiger partial charge in [-0.15, -0.1) is 5.10 Å². The number of nitrogens with zero attached hydrogens (tertiary/aromatic N) is 4. The Labute approximate surface area is 141 Å². The first-order valence-electron chi connectivity index (χ1n) is 6.90. The largest absolute Gasteiger partial charge is 0.479 e. The first-order chi connectivity index (χ1) is 11.4. The highest BCUT2D eigenvalue weighted by Crippen LogP contribution is 2.18. The average molecular weight is 346 g/mol. The van der Waals surface area contributed by atoms with Crippen molar-refractivity contribution >= 4 is 34.4 Å². The Kier molecular flexibility index (Phi) is 4.13. The van der Waals surface area contributed by atoms with E-state index in [4.69, 9.17) is 11.6 Å². The Hall–Kier alpha value is -3.00. The quantitative estimate of drug-likeness (QED) is 0.742. The zero-order chi connectivity index (χ0) is 17.3. The van der Waals surface area contributed by atoms with Crippen LogP contribution < -0.4 is 5.32 Å². The van der Waals surface area contributed by atoms with Gasteiger partial charge in [0.15, 0.2) is 6.04 Å². The summed E-state index contributed by atoms with van der Waals surface area (Å²) in [5.74, 6) is -1.87. The molecule has 2 aromatic heterocycles. The number of carbonyl (C=O) groups excluding carboxylic acids is 1. The number of pyridine rings is 1. The number of hydrogen-bond acceptors (Lipinski definition) is 5. The molecule has 0 bridgehead atoms. The lowest BCUT2D eigenvalue weighted by Gasteiger charge is -2.11. The Balaban J connectivity index is 1.89. The Morgan fingerprint density at radius 3 is 2.71 bits per heavy atom. The fraction of sp³-hybridized carbons (Fsp3) is 0.133.